The number of hydrogen-bond acceptors (Lipinski definition) is 9. The molecule has 0 amide bonds. The summed E-state index contributed by atoms with van der Waals surface area (Å²) in [6.07, 6.45) is 1.64. The first-order chi connectivity index (χ1) is 13.0. The quantitative estimate of drug-likeness (QED) is 0.441. The van der Waals surface area contributed by atoms with Crippen molar-refractivity contribution in [3.8, 4) is 0 Å². The Morgan fingerprint density at radius 1 is 1.26 bits per heavy atom. The molecule has 0 saturated heterocycles. The summed E-state index contributed by atoms with van der Waals surface area (Å²) in [7, 11) is 0. The second-order valence-corrected chi connectivity index (χ2v) is 7.19. The molecule has 9 heteroatoms. The number of esters is 1. The molecule has 3 heterocycles. The van der Waals surface area contributed by atoms with Gasteiger partial charge in [0.15, 0.2) is 12.4 Å². The summed E-state index contributed by atoms with van der Waals surface area (Å²) in [5.74, 6) is 1.86. The molecule has 3 rings (SSSR count). The number of hydrogen-bond donors (Lipinski definition) is 0. The highest BCUT2D eigenvalue weighted by Crippen LogP contribution is 2.27. The number of nitrogens with zero attached hydrogens (tertiary/aromatic N) is 4. The minimum absolute atomic E-state index is 0.0819. The first-order valence-corrected chi connectivity index (χ1v) is 9.43. The van der Waals surface area contributed by atoms with E-state index in [-0.39, 0.29) is 18.4 Å². The Morgan fingerprint density at radius 2 is 2.07 bits per heavy atom. The summed E-state index contributed by atoms with van der Waals surface area (Å²) in [4.78, 5) is 21.0. The van der Waals surface area contributed by atoms with E-state index in [1.54, 1.807) is 18.3 Å². The van der Waals surface area contributed by atoms with Gasteiger partial charge in [0.05, 0.1) is 11.3 Å². The topological polar surface area (TPSA) is 104 Å². The van der Waals surface area contributed by atoms with E-state index in [0.717, 1.165) is 17.0 Å². The molecule has 0 saturated carbocycles. The van der Waals surface area contributed by atoms with Gasteiger partial charge in [-0.2, -0.15) is 4.98 Å². The number of pyridine rings is 1. The molecule has 3 aromatic heterocycles. The molecule has 0 aromatic carbocycles. The largest absolute Gasteiger partial charge is 0.452 e. The molecular weight excluding hydrogens is 368 g/mol. The zero-order valence-electron chi connectivity index (χ0n) is 15.6. The van der Waals surface area contributed by atoms with Gasteiger partial charge < -0.3 is 13.8 Å². The predicted octanol–water partition coefficient (Wildman–Crippen LogP) is 3.84. The van der Waals surface area contributed by atoms with Crippen molar-refractivity contribution in [2.75, 3.05) is 0 Å². The van der Waals surface area contributed by atoms with Crippen LogP contribution in [0.5, 0.6) is 0 Å². The molecule has 0 aliphatic carbocycles. The zero-order chi connectivity index (χ0) is 19.4. The normalized spacial score (nSPS) is 11.1. The molecular formula is C18H20N4O4S. The van der Waals surface area contributed by atoms with Gasteiger partial charge in [-0.25, -0.2) is 9.78 Å². The number of carbonyl (C=O) groups excluding carboxylic acids is 1. The number of rotatable bonds is 7. The van der Waals surface area contributed by atoms with Gasteiger partial charge in [0, 0.05) is 23.4 Å². The average molecular weight is 388 g/mol. The number of thioether (sulfide) groups is 1. The van der Waals surface area contributed by atoms with Crippen LogP contribution in [0.1, 0.15) is 58.9 Å². The zero-order valence-corrected chi connectivity index (χ0v) is 16.4. The van der Waals surface area contributed by atoms with Crippen molar-refractivity contribution in [3.63, 3.8) is 0 Å². The molecule has 0 bridgehead atoms. The van der Waals surface area contributed by atoms with E-state index in [4.69, 9.17) is 13.8 Å². The van der Waals surface area contributed by atoms with Crippen LogP contribution in [-0.4, -0.2) is 26.3 Å². The Labute approximate surface area is 160 Å². The van der Waals surface area contributed by atoms with Crippen LogP contribution in [0.4, 0.5) is 0 Å². The fourth-order valence-electron chi connectivity index (χ4n) is 2.28. The van der Waals surface area contributed by atoms with Crippen molar-refractivity contribution in [2.24, 2.45) is 0 Å². The summed E-state index contributed by atoms with van der Waals surface area (Å²) in [5, 5.41) is 8.37. The van der Waals surface area contributed by atoms with E-state index < -0.39 is 5.97 Å². The fourth-order valence-corrected chi connectivity index (χ4v) is 3.41. The summed E-state index contributed by atoms with van der Waals surface area (Å²) in [6.45, 7) is 7.58. The molecule has 142 valence electrons. The molecule has 0 spiro atoms. The first kappa shape index (κ1) is 19.1. The second-order valence-electron chi connectivity index (χ2n) is 6.22. The molecule has 0 N–H and O–H groups in total. The highest BCUT2D eigenvalue weighted by atomic mass is 32.2. The Morgan fingerprint density at radius 3 is 2.74 bits per heavy atom. The minimum Gasteiger partial charge on any atom is -0.452 e. The summed E-state index contributed by atoms with van der Waals surface area (Å²) >= 11 is 1.43. The van der Waals surface area contributed by atoms with E-state index in [0.29, 0.717) is 22.2 Å². The Balaban J connectivity index is 1.66. The van der Waals surface area contributed by atoms with Crippen LogP contribution in [0.15, 0.2) is 32.4 Å². The predicted molar refractivity (Wildman–Crippen MR) is 97.3 cm³/mol. The van der Waals surface area contributed by atoms with Gasteiger partial charge >= 0.3 is 5.97 Å². The third kappa shape index (κ3) is 4.54. The van der Waals surface area contributed by atoms with E-state index >= 15 is 0 Å². The third-order valence-corrected chi connectivity index (χ3v) is 4.88. The van der Waals surface area contributed by atoms with Gasteiger partial charge in [-0.3, -0.25) is 0 Å². The van der Waals surface area contributed by atoms with E-state index in [9.17, 15) is 4.79 Å². The minimum atomic E-state index is -0.492. The van der Waals surface area contributed by atoms with Crippen LogP contribution in [0, 0.1) is 13.8 Å². The number of aromatic nitrogens is 4. The average Bonchev–Trinajstić information content (AvgIpc) is 3.25. The van der Waals surface area contributed by atoms with Gasteiger partial charge in [0.2, 0.25) is 0 Å². The van der Waals surface area contributed by atoms with Gasteiger partial charge in [0.25, 0.3) is 5.89 Å². The molecule has 0 radical (unpaired) electrons. The van der Waals surface area contributed by atoms with Crippen LogP contribution in [0.25, 0.3) is 0 Å². The molecule has 0 fully saturated rings. The molecule has 3 aromatic rings. The lowest BCUT2D eigenvalue weighted by Crippen LogP contribution is -2.08. The van der Waals surface area contributed by atoms with Crippen LogP contribution in [-0.2, 0) is 17.1 Å². The number of aryl methyl sites for hydroxylation is 2. The van der Waals surface area contributed by atoms with E-state index in [1.165, 1.54) is 11.8 Å². The smallest absolute Gasteiger partial charge is 0.341 e. The maximum Gasteiger partial charge on any atom is 0.341 e. The maximum atomic E-state index is 12.5. The van der Waals surface area contributed by atoms with Crippen molar-refractivity contribution in [2.45, 2.75) is 51.0 Å². The van der Waals surface area contributed by atoms with Crippen LogP contribution >= 0.6 is 11.8 Å². The lowest BCUT2D eigenvalue weighted by atomic mass is 10.2. The fraction of sp³-hybridized carbons (Fsp3) is 0.389. The monoisotopic (exact) mass is 388 g/mol. The Hall–Kier alpha value is -2.68. The Bertz CT molecular complexity index is 916. The van der Waals surface area contributed by atoms with E-state index in [2.05, 4.69) is 20.3 Å². The summed E-state index contributed by atoms with van der Waals surface area (Å²) in [5.41, 5.74) is 2.22. The summed E-state index contributed by atoms with van der Waals surface area (Å²) < 4.78 is 15.6. The lowest BCUT2D eigenvalue weighted by Gasteiger charge is -2.07. The SMILES string of the molecule is Cc1noc(C)c1CSc1ncccc1C(=O)OCc1nc(C(C)C)no1. The maximum absolute atomic E-state index is 12.5. The van der Waals surface area contributed by atoms with Crippen molar-refractivity contribution < 1.29 is 18.6 Å². The van der Waals surface area contributed by atoms with E-state index in [1.807, 2.05) is 27.7 Å². The first-order valence-electron chi connectivity index (χ1n) is 8.45. The van der Waals surface area contributed by atoms with Gasteiger partial charge in [-0.1, -0.05) is 24.2 Å². The van der Waals surface area contributed by atoms with Crippen LogP contribution in [0.2, 0.25) is 0 Å². The lowest BCUT2D eigenvalue weighted by molar-refractivity contribution is 0.0424. The summed E-state index contributed by atoms with van der Waals surface area (Å²) in [6, 6.07) is 3.37. The molecule has 0 unspecified atom stereocenters. The van der Waals surface area contributed by atoms with Crippen molar-refractivity contribution in [1.29, 1.82) is 0 Å². The second kappa shape index (κ2) is 8.34. The van der Waals surface area contributed by atoms with Gasteiger partial charge in [-0.15, -0.1) is 11.8 Å². The standard InChI is InChI=1S/C18H20N4O4S/c1-10(2)16-20-15(26-22-16)8-24-18(23)13-6-5-7-19-17(13)27-9-14-11(3)21-25-12(14)4/h5-7,10H,8-9H2,1-4H3. The molecule has 27 heavy (non-hydrogen) atoms. The van der Waals surface area contributed by atoms with Gasteiger partial charge in [0.1, 0.15) is 10.8 Å². The van der Waals surface area contributed by atoms with Crippen molar-refractivity contribution in [1.82, 2.24) is 20.3 Å². The highest BCUT2D eigenvalue weighted by molar-refractivity contribution is 7.98. The third-order valence-electron chi connectivity index (χ3n) is 3.85. The molecule has 0 aliphatic heterocycles. The van der Waals surface area contributed by atoms with Crippen LogP contribution in [0.3, 0.4) is 0 Å². The molecule has 8 nitrogen and oxygen atoms in total. The van der Waals surface area contributed by atoms with Crippen LogP contribution < -0.4 is 0 Å². The van der Waals surface area contributed by atoms with Gasteiger partial charge in [-0.05, 0) is 26.0 Å². The van der Waals surface area contributed by atoms with Crippen molar-refractivity contribution in [3.05, 3.63) is 52.6 Å². The number of ether oxygens (including phenoxy) is 1. The molecule has 0 atom stereocenters. The molecule has 0 aliphatic rings. The number of carbonyl (C=O) groups is 1. The Kier molecular flexibility index (Phi) is 5.90. The van der Waals surface area contributed by atoms with Crippen molar-refractivity contribution >= 4 is 17.7 Å². The highest BCUT2D eigenvalue weighted by Gasteiger charge is 2.18.